The Morgan fingerprint density at radius 2 is 1.04 bits per heavy atom. The number of para-hydroxylation sites is 1. The van der Waals surface area contributed by atoms with Gasteiger partial charge in [-0.05, 0) is 108 Å². The third-order valence-electron chi connectivity index (χ3n) is 23.7. The molecule has 732 valence electrons. The number of hydrogen-bond acceptors (Lipinski definition) is 22. The summed E-state index contributed by atoms with van der Waals surface area (Å²) in [6.45, 7) is 3.04. The zero-order chi connectivity index (χ0) is 99.6. The zero-order valence-electron chi connectivity index (χ0n) is 75.4. The minimum Gasteiger partial charge on any atom is -0.508 e. The second-order valence-electron chi connectivity index (χ2n) is 34.1. The second-order valence-corrected chi connectivity index (χ2v) is 35.1. The molecule has 6 aromatic rings. The van der Waals surface area contributed by atoms with Crippen LogP contribution < -0.4 is 53.6 Å². The van der Waals surface area contributed by atoms with Gasteiger partial charge in [-0.15, -0.1) is 11.8 Å². The van der Waals surface area contributed by atoms with Crippen molar-refractivity contribution < 1.29 is 130 Å². The van der Waals surface area contributed by atoms with E-state index in [9.17, 15) is 78.2 Å². The van der Waals surface area contributed by atoms with Gasteiger partial charge < -0.3 is 114 Å². The Balaban J connectivity index is 1.15. The molecule has 15 amide bonds. The van der Waals surface area contributed by atoms with Crippen LogP contribution in [0.15, 0.2) is 121 Å². The van der Waals surface area contributed by atoms with Crippen LogP contribution in [0.25, 0.3) is 10.9 Å². The van der Waals surface area contributed by atoms with Crippen molar-refractivity contribution in [2.75, 3.05) is 52.3 Å². The number of aromatic hydroxyl groups is 2. The molecule has 0 radical (unpaired) electrons. The molecule has 14 atom stereocenters. The van der Waals surface area contributed by atoms with Crippen molar-refractivity contribution in [2.45, 2.75) is 208 Å². The highest BCUT2D eigenvalue weighted by Gasteiger charge is 2.48. The number of thioether (sulfide) groups is 1. The maximum Gasteiger partial charge on any atom is 0.305 e. The third-order valence-corrected chi connectivity index (χ3v) is 24.8. The number of benzene rings is 5. The van der Waals surface area contributed by atoms with Crippen molar-refractivity contribution in [3.63, 3.8) is 0 Å². The molecule has 44 heteroatoms. The number of carboxylic acid groups (broad SMARTS) is 3. The number of nitrogens with two attached hydrogens (primary N) is 1. The van der Waals surface area contributed by atoms with E-state index in [1.165, 1.54) is 82.7 Å². The number of fused-ring (bicyclic) bond motifs is 3. The number of carbonyl (C=O) groups excluding carboxylic acids is 15. The number of carboxylic acids is 3. The van der Waals surface area contributed by atoms with E-state index in [0.29, 0.717) is 52.3 Å². The van der Waals surface area contributed by atoms with E-state index in [4.69, 9.17) is 5.73 Å². The highest BCUT2D eigenvalue weighted by Crippen LogP contribution is 2.29. The summed E-state index contributed by atoms with van der Waals surface area (Å²) in [5.41, 5.74) is 6.74. The predicted octanol–water partition coefficient (Wildman–Crippen LogP) is 0.221. The van der Waals surface area contributed by atoms with E-state index in [2.05, 4.69) is 52.8 Å². The number of nitrogens with one attached hydrogen (secondary N) is 10. The molecule has 0 saturated carbocycles. The number of hydrogen-bond donors (Lipinski definition) is 17. The minimum atomic E-state index is -2.02. The first-order chi connectivity index (χ1) is 64.5. The van der Waals surface area contributed by atoms with Crippen LogP contribution in [-0.2, 0) is 118 Å². The lowest BCUT2D eigenvalue weighted by molar-refractivity contribution is -0.152. The van der Waals surface area contributed by atoms with Gasteiger partial charge in [0, 0.05) is 108 Å². The topological polar surface area (TPSA) is 595 Å². The van der Waals surface area contributed by atoms with Crippen LogP contribution in [0.5, 0.6) is 11.5 Å². The number of unbranched alkanes of at least 4 members (excludes halogenated alkanes) is 1. The first-order valence-corrected chi connectivity index (χ1v) is 45.2. The van der Waals surface area contributed by atoms with E-state index in [1.807, 2.05) is 0 Å². The maximum atomic E-state index is 15.7. The van der Waals surface area contributed by atoms with Crippen molar-refractivity contribution in [3.8, 4) is 11.5 Å². The maximum absolute atomic E-state index is 15.7. The lowest BCUT2D eigenvalue weighted by Crippen LogP contribution is -2.62. The smallest absolute Gasteiger partial charge is 0.305 e. The van der Waals surface area contributed by atoms with Crippen molar-refractivity contribution in [1.82, 2.24) is 77.3 Å². The summed E-state index contributed by atoms with van der Waals surface area (Å²) in [5, 5.41) is 85.6. The van der Waals surface area contributed by atoms with Gasteiger partial charge in [-0.1, -0.05) is 106 Å². The van der Waals surface area contributed by atoms with E-state index >= 15 is 51.9 Å². The van der Waals surface area contributed by atoms with E-state index in [-0.39, 0.29) is 61.3 Å². The fourth-order valence-electron chi connectivity index (χ4n) is 16.3. The Labute approximate surface area is 783 Å². The number of phenols is 2. The average Bonchev–Trinajstić information content (AvgIpc) is 1.45. The Bertz CT molecular complexity index is 5370. The molecule has 0 bridgehead atoms. The zero-order valence-corrected chi connectivity index (χ0v) is 76.3. The molecule has 1 aromatic heterocycles. The number of aliphatic hydroxyl groups excluding tert-OH is 1. The minimum absolute atomic E-state index is 0.104. The van der Waals surface area contributed by atoms with Crippen LogP contribution in [-0.4, -0.2) is 304 Å². The molecular formula is C92H113F3N16O24S. The normalized spacial score (nSPS) is 23.8. The molecule has 0 unspecified atom stereocenters. The Kier molecular flexibility index (Phi) is 38.1. The number of phenolic OH excluding ortho intramolecular Hbond substituents is 2. The number of aliphatic carboxylic acids is 3. The number of likely N-dealkylation sites (N-methyl/N-ethyl adjacent to an activating group) is 3. The Morgan fingerprint density at radius 3 is 1.65 bits per heavy atom. The molecule has 0 aliphatic carbocycles. The number of halogens is 3. The van der Waals surface area contributed by atoms with Gasteiger partial charge in [0.05, 0.1) is 24.8 Å². The van der Waals surface area contributed by atoms with Crippen molar-refractivity contribution in [3.05, 3.63) is 167 Å². The van der Waals surface area contributed by atoms with Crippen LogP contribution in [0.4, 0.5) is 13.2 Å². The number of aromatic nitrogens is 1. The summed E-state index contributed by atoms with van der Waals surface area (Å²) < 4.78 is 45.1. The first-order valence-electron chi connectivity index (χ1n) is 44.1. The fourth-order valence-corrected chi connectivity index (χ4v) is 17.2. The molecule has 3 saturated heterocycles. The standard InChI is InChI=1S/C92H113F3N16O24S/c1-7-8-19-69-91(134)110-33-14-20-68(110)85(128)104-65(42-77(121)122)84(127)106-79(48(2)3)92(135)108(5)70(38-49-15-10-9-11-16-49)86(129)101-62(30-32-76(119)120)89(132)111-45-56(114)41-71(111)87(130)103-64(40-53-43-97-60-18-13-12-17-57(53)60)83(126)102-63(36-50-21-25-54(112)26-22-50)82(125)100-61(29-31-75(117)118)81(124)105-67(80(123)98-44-73(96)115)46-136-47-74(116)99-66(37-52-34-58(93)78(95)59(94)35-52)88(131)109(6)72(90(133)107(69)4)39-51-23-27-55(113)28-24-51/h9-13,15-18,21-28,34-35,43,48,56,61-72,79,97,112-114H,7-8,14,19-20,29-33,36-42,44-47H2,1-6H3,(H2,96,115)(H,98,123)(H,99,116)(H,100,125)(H,101,129)(H,102,126)(H,103,130)(H,104,128)(H,105,124)(H,106,127)(H,117,118)(H,119,120)(H,121,122)/t56-,61+,62+,63+,64+,65+,66+,67+,68-,69+,70+,71-,72+,79+/m1/s1. The summed E-state index contributed by atoms with van der Waals surface area (Å²) >= 11 is 0.546. The molecular weight excluding hydrogens is 1800 g/mol. The summed E-state index contributed by atoms with van der Waals surface area (Å²) in [5.74, 6) is -29.8. The average molecular weight is 1920 g/mol. The molecule has 3 aliphatic heterocycles. The van der Waals surface area contributed by atoms with E-state index < -0.39 is 309 Å². The number of nitrogens with zero attached hydrogens (tertiary/aromatic N) is 5. The summed E-state index contributed by atoms with van der Waals surface area (Å²) in [7, 11) is 3.50. The lowest BCUT2D eigenvalue weighted by Gasteiger charge is -2.38. The number of H-pyrrole nitrogens is 1. The van der Waals surface area contributed by atoms with E-state index in [1.54, 1.807) is 61.5 Å². The van der Waals surface area contributed by atoms with Gasteiger partial charge in [0.25, 0.3) is 0 Å². The highest BCUT2D eigenvalue weighted by molar-refractivity contribution is 8.00. The van der Waals surface area contributed by atoms with Gasteiger partial charge in [0.15, 0.2) is 17.5 Å². The highest BCUT2D eigenvalue weighted by atomic mass is 32.2. The second kappa shape index (κ2) is 49.2. The number of amides is 15. The van der Waals surface area contributed by atoms with Crippen LogP contribution in [0.2, 0.25) is 0 Å². The molecule has 5 aromatic carbocycles. The van der Waals surface area contributed by atoms with E-state index in [0.717, 1.165) is 31.5 Å². The number of aliphatic hydroxyl groups is 1. The molecule has 4 heterocycles. The van der Waals surface area contributed by atoms with Crippen LogP contribution in [0.3, 0.4) is 0 Å². The number of aromatic amines is 1. The quantitative estimate of drug-likeness (QED) is 0.0341. The molecule has 9 rings (SSSR count). The molecule has 18 N–H and O–H groups in total. The van der Waals surface area contributed by atoms with Gasteiger partial charge in [-0.3, -0.25) is 86.3 Å². The first kappa shape index (κ1) is 105. The van der Waals surface area contributed by atoms with Crippen molar-refractivity contribution >= 4 is 129 Å². The van der Waals surface area contributed by atoms with Gasteiger partial charge in [0.2, 0.25) is 88.6 Å². The SMILES string of the molecule is CCCC[C@H]1C(=O)N2CCC[C@@H]2C(=O)N[C@@H](CC(=O)O)C(=O)N[C@@H](C(C)C)C(=O)N(C)[C@@H](Cc2ccccc2)C(=O)N[C@@H](CCC(=O)O)C(=O)N2C[C@H](O)C[C@@H]2C(=O)N[C@@H](Cc2c[nH]c3ccccc23)C(=O)N[C@@H](Cc2ccc(O)cc2)C(=O)N[C@@H](CCC(=O)O)C(=O)N[C@H](C(=O)NCC(N)=O)CSCC(=O)N[C@@H](Cc2cc(F)c(F)c(F)c2)C(=O)N(C)[C@@H](Cc2ccc(O)cc2)C(=O)N1C. The third kappa shape index (κ3) is 29.2. The Morgan fingerprint density at radius 1 is 0.515 bits per heavy atom. The van der Waals surface area contributed by atoms with Crippen LogP contribution >= 0.6 is 11.8 Å². The summed E-state index contributed by atoms with van der Waals surface area (Å²) in [4.78, 5) is 270. The lowest BCUT2D eigenvalue weighted by atomic mass is 9.98. The molecule has 3 aliphatic rings. The predicted molar refractivity (Wildman–Crippen MR) is 482 cm³/mol. The van der Waals surface area contributed by atoms with Gasteiger partial charge >= 0.3 is 17.9 Å². The summed E-state index contributed by atoms with van der Waals surface area (Å²) in [6.07, 6.45) is -6.97. The van der Waals surface area contributed by atoms with Gasteiger partial charge in [-0.25, -0.2) is 13.2 Å². The van der Waals surface area contributed by atoms with Crippen molar-refractivity contribution in [2.24, 2.45) is 11.7 Å². The summed E-state index contributed by atoms with van der Waals surface area (Å²) in [6, 6.07) is 2.90. The largest absolute Gasteiger partial charge is 0.508 e. The van der Waals surface area contributed by atoms with Gasteiger partial charge in [-0.2, -0.15) is 0 Å². The fraction of sp³-hybridized carbons (Fsp3) is 0.457. The monoisotopic (exact) mass is 1910 g/mol. The molecule has 0 spiro atoms. The molecule has 3 fully saturated rings. The number of rotatable bonds is 25. The van der Waals surface area contributed by atoms with Crippen LogP contribution in [0.1, 0.15) is 119 Å². The van der Waals surface area contributed by atoms with Crippen molar-refractivity contribution in [1.29, 1.82) is 0 Å². The van der Waals surface area contributed by atoms with Gasteiger partial charge in [0.1, 0.15) is 90.0 Å². The van der Waals surface area contributed by atoms with Crippen LogP contribution in [0, 0.1) is 23.4 Å². The molecule has 136 heavy (non-hydrogen) atoms. The Hall–Kier alpha value is -14.2. The number of carbonyl (C=O) groups is 18. The molecule has 40 nitrogen and oxygen atoms in total. The number of primary amides is 1.